The van der Waals surface area contributed by atoms with Crippen molar-refractivity contribution in [1.82, 2.24) is 4.98 Å². The molecule has 1 aliphatic carbocycles. The highest BCUT2D eigenvalue weighted by Crippen LogP contribution is 2.26. The zero-order valence-electron chi connectivity index (χ0n) is 8.39. The van der Waals surface area contributed by atoms with Gasteiger partial charge in [-0.15, -0.1) is 0 Å². The Bertz CT molecular complexity index is 384. The summed E-state index contributed by atoms with van der Waals surface area (Å²) in [7, 11) is 0. The van der Waals surface area contributed by atoms with Gasteiger partial charge in [0.25, 0.3) is 0 Å². The highest BCUT2D eigenvalue weighted by Gasteiger charge is 2.22. The molecule has 0 saturated carbocycles. The highest BCUT2D eigenvalue weighted by molar-refractivity contribution is 5.97. The molecule has 0 aliphatic heterocycles. The maximum atomic E-state index is 11.6. The Kier molecular flexibility index (Phi) is 2.92. The van der Waals surface area contributed by atoms with Crippen LogP contribution in [0.2, 0.25) is 0 Å². The maximum absolute atomic E-state index is 11.6. The van der Waals surface area contributed by atoms with Crippen LogP contribution in [0.5, 0.6) is 0 Å². The predicted molar refractivity (Wildman–Crippen MR) is 56.1 cm³/mol. The molecular formula is C12H13NO2. The smallest absolute Gasteiger partial charge is 0.161 e. The molecule has 0 fully saturated rings. The summed E-state index contributed by atoms with van der Waals surface area (Å²) in [5.74, 6) is 0.0533. The van der Waals surface area contributed by atoms with Gasteiger partial charge < -0.3 is 5.11 Å². The minimum Gasteiger partial charge on any atom is -0.383 e. The zero-order chi connectivity index (χ0) is 10.7. The first-order valence-corrected chi connectivity index (χ1v) is 5.10. The average molecular weight is 203 g/mol. The van der Waals surface area contributed by atoms with Gasteiger partial charge in [-0.25, -0.2) is 0 Å². The van der Waals surface area contributed by atoms with Crippen LogP contribution in [0, 0.1) is 0 Å². The fraction of sp³-hybridized carbons (Fsp3) is 0.333. The Labute approximate surface area is 88.5 Å². The van der Waals surface area contributed by atoms with Crippen molar-refractivity contribution in [2.75, 3.05) is 0 Å². The lowest BCUT2D eigenvalue weighted by Gasteiger charge is -2.17. The van der Waals surface area contributed by atoms with Gasteiger partial charge >= 0.3 is 0 Å². The van der Waals surface area contributed by atoms with Crippen LogP contribution in [0.25, 0.3) is 0 Å². The van der Waals surface area contributed by atoms with Crippen LogP contribution in [0.1, 0.15) is 30.9 Å². The zero-order valence-corrected chi connectivity index (χ0v) is 8.39. The standard InChI is InChI=1S/C12H13NO2/c14-11-6-2-1-5-10(11)12(15)9-4-3-7-13-8-9/h3-5,7-8,12,15H,1-2,6H2/t12-/m0/s1. The first-order valence-electron chi connectivity index (χ1n) is 5.10. The third-order valence-corrected chi connectivity index (χ3v) is 2.59. The quantitative estimate of drug-likeness (QED) is 0.797. The minimum absolute atomic E-state index is 0.0533. The molecule has 2 rings (SSSR count). The van der Waals surface area contributed by atoms with E-state index in [9.17, 15) is 9.90 Å². The number of carbonyl (C=O) groups is 1. The summed E-state index contributed by atoms with van der Waals surface area (Å²) in [5.41, 5.74) is 1.20. The van der Waals surface area contributed by atoms with Gasteiger partial charge in [0.2, 0.25) is 0 Å². The average Bonchev–Trinajstić information content (AvgIpc) is 2.30. The number of nitrogens with zero attached hydrogens (tertiary/aromatic N) is 1. The highest BCUT2D eigenvalue weighted by atomic mass is 16.3. The lowest BCUT2D eigenvalue weighted by Crippen LogP contribution is -2.14. The van der Waals surface area contributed by atoms with Crippen molar-refractivity contribution in [3.8, 4) is 0 Å². The van der Waals surface area contributed by atoms with E-state index < -0.39 is 6.10 Å². The van der Waals surface area contributed by atoms with E-state index in [1.54, 1.807) is 24.5 Å². The molecule has 0 bridgehead atoms. The summed E-state index contributed by atoms with van der Waals surface area (Å²) in [4.78, 5) is 15.5. The topological polar surface area (TPSA) is 50.2 Å². The van der Waals surface area contributed by atoms with Crippen LogP contribution in [0.4, 0.5) is 0 Å². The van der Waals surface area contributed by atoms with E-state index >= 15 is 0 Å². The Balaban J connectivity index is 2.24. The predicted octanol–water partition coefficient (Wildman–Crippen LogP) is 1.79. The third-order valence-electron chi connectivity index (χ3n) is 2.59. The SMILES string of the molecule is O=C1CCCC=C1[C@@H](O)c1cccnc1. The largest absolute Gasteiger partial charge is 0.383 e. The number of ketones is 1. The van der Waals surface area contributed by atoms with E-state index in [1.807, 2.05) is 6.08 Å². The summed E-state index contributed by atoms with van der Waals surface area (Å²) in [6.07, 6.45) is 6.57. The molecule has 0 aromatic carbocycles. The van der Waals surface area contributed by atoms with Gasteiger partial charge in [-0.2, -0.15) is 0 Å². The van der Waals surface area contributed by atoms with Gasteiger partial charge in [-0.3, -0.25) is 9.78 Å². The van der Waals surface area contributed by atoms with Crippen LogP contribution in [-0.4, -0.2) is 15.9 Å². The first kappa shape index (κ1) is 10.1. The van der Waals surface area contributed by atoms with Gasteiger partial charge in [0.05, 0.1) is 0 Å². The normalized spacial score (nSPS) is 18.5. The van der Waals surface area contributed by atoms with E-state index in [4.69, 9.17) is 0 Å². The van der Waals surface area contributed by atoms with Crippen LogP contribution >= 0.6 is 0 Å². The van der Waals surface area contributed by atoms with Gasteiger partial charge in [-0.05, 0) is 18.9 Å². The molecule has 0 radical (unpaired) electrons. The number of rotatable bonds is 2. The van der Waals surface area contributed by atoms with E-state index in [0.29, 0.717) is 17.6 Å². The molecule has 0 saturated heterocycles. The van der Waals surface area contributed by atoms with Crippen LogP contribution in [0.3, 0.4) is 0 Å². The van der Waals surface area contributed by atoms with Crippen molar-refractivity contribution < 1.29 is 9.90 Å². The van der Waals surface area contributed by atoms with Gasteiger partial charge in [0.1, 0.15) is 6.10 Å². The number of allylic oxidation sites excluding steroid dienone is 1. The molecule has 1 aliphatic rings. The van der Waals surface area contributed by atoms with E-state index in [-0.39, 0.29) is 5.78 Å². The molecule has 3 nitrogen and oxygen atoms in total. The number of hydrogen-bond donors (Lipinski definition) is 1. The molecule has 15 heavy (non-hydrogen) atoms. The number of pyridine rings is 1. The fourth-order valence-corrected chi connectivity index (χ4v) is 1.76. The van der Waals surface area contributed by atoms with Crippen LogP contribution in [-0.2, 0) is 4.79 Å². The fourth-order valence-electron chi connectivity index (χ4n) is 1.76. The van der Waals surface area contributed by atoms with Gasteiger partial charge in [0, 0.05) is 30.0 Å². The second-order valence-corrected chi connectivity index (χ2v) is 3.66. The maximum Gasteiger partial charge on any atom is 0.161 e. The van der Waals surface area contributed by atoms with E-state index in [0.717, 1.165) is 12.8 Å². The molecule has 78 valence electrons. The molecule has 0 unspecified atom stereocenters. The molecule has 1 aromatic heterocycles. The van der Waals surface area contributed by atoms with Crippen molar-refractivity contribution in [1.29, 1.82) is 0 Å². The molecule has 3 heteroatoms. The van der Waals surface area contributed by atoms with Crippen LogP contribution in [0.15, 0.2) is 36.2 Å². The second-order valence-electron chi connectivity index (χ2n) is 3.66. The summed E-state index contributed by atoms with van der Waals surface area (Å²) >= 11 is 0. The number of Topliss-reactive ketones (excluding diaryl/α,β-unsaturated/α-hetero) is 1. The number of aromatic nitrogens is 1. The molecule has 0 amide bonds. The van der Waals surface area contributed by atoms with Crippen molar-refractivity contribution in [3.05, 3.63) is 41.7 Å². The Morgan fingerprint density at radius 2 is 2.33 bits per heavy atom. The molecule has 1 aromatic rings. The van der Waals surface area contributed by atoms with E-state index in [1.165, 1.54) is 0 Å². The molecule has 1 N–H and O–H groups in total. The summed E-state index contributed by atoms with van der Waals surface area (Å²) < 4.78 is 0. The van der Waals surface area contributed by atoms with Crippen molar-refractivity contribution >= 4 is 5.78 Å². The number of carbonyl (C=O) groups excluding carboxylic acids is 1. The summed E-state index contributed by atoms with van der Waals surface area (Å²) in [6, 6.07) is 3.53. The number of aliphatic hydroxyl groups is 1. The molecule has 1 heterocycles. The number of aliphatic hydroxyl groups excluding tert-OH is 1. The molecule has 1 atom stereocenters. The number of hydrogen-bond acceptors (Lipinski definition) is 3. The third kappa shape index (κ3) is 2.13. The van der Waals surface area contributed by atoms with Crippen molar-refractivity contribution in [3.63, 3.8) is 0 Å². The lowest BCUT2D eigenvalue weighted by molar-refractivity contribution is -0.117. The monoisotopic (exact) mass is 203 g/mol. The summed E-state index contributed by atoms with van der Waals surface area (Å²) in [6.45, 7) is 0. The van der Waals surface area contributed by atoms with E-state index in [2.05, 4.69) is 4.98 Å². The Morgan fingerprint density at radius 3 is 3.00 bits per heavy atom. The minimum atomic E-state index is -0.813. The second kappa shape index (κ2) is 4.36. The van der Waals surface area contributed by atoms with Crippen molar-refractivity contribution in [2.24, 2.45) is 0 Å². The lowest BCUT2D eigenvalue weighted by atomic mass is 9.91. The summed E-state index contributed by atoms with van der Waals surface area (Å²) in [5, 5.41) is 9.99. The Hall–Kier alpha value is -1.48. The van der Waals surface area contributed by atoms with Gasteiger partial charge in [-0.1, -0.05) is 12.1 Å². The molecular weight excluding hydrogens is 190 g/mol. The molecule has 0 spiro atoms. The first-order chi connectivity index (χ1) is 7.29. The van der Waals surface area contributed by atoms with Crippen molar-refractivity contribution in [2.45, 2.75) is 25.4 Å². The van der Waals surface area contributed by atoms with Gasteiger partial charge in [0.15, 0.2) is 5.78 Å². The van der Waals surface area contributed by atoms with Crippen LogP contribution < -0.4 is 0 Å². The Morgan fingerprint density at radius 1 is 1.47 bits per heavy atom.